The maximum Gasteiger partial charge on any atom is 0.248 e. The van der Waals surface area contributed by atoms with Crippen molar-refractivity contribution in [1.29, 1.82) is 0 Å². The van der Waals surface area contributed by atoms with Gasteiger partial charge in [-0.15, -0.1) is 0 Å². The molecule has 0 spiro atoms. The van der Waals surface area contributed by atoms with E-state index in [1.165, 1.54) is 0 Å². The normalized spacial score (nSPS) is 9.55. The highest BCUT2D eigenvalue weighted by Crippen LogP contribution is 2.05. The first-order valence-electron chi connectivity index (χ1n) is 3.43. The van der Waals surface area contributed by atoms with Gasteiger partial charge in [-0.25, -0.2) is 0 Å². The molecule has 0 atom stereocenters. The molecule has 0 aliphatic carbocycles. The standard InChI is InChI=1S/C9H10NO/c1-2-7-4-3-5-8(6-7)9(10)11/h2-6H,1H3,(H2,10,11). The Labute approximate surface area is 66.0 Å². The van der Waals surface area contributed by atoms with Crippen molar-refractivity contribution >= 4 is 5.91 Å². The molecule has 11 heavy (non-hydrogen) atoms. The number of rotatable bonds is 2. The van der Waals surface area contributed by atoms with E-state index in [0.717, 1.165) is 5.56 Å². The van der Waals surface area contributed by atoms with E-state index in [4.69, 9.17) is 5.73 Å². The number of carbonyl (C=O) groups excluding carboxylic acids is 1. The smallest absolute Gasteiger partial charge is 0.248 e. The average molecular weight is 148 g/mol. The van der Waals surface area contributed by atoms with Crippen LogP contribution in [0, 0.1) is 6.42 Å². The molecule has 0 aromatic heterocycles. The van der Waals surface area contributed by atoms with Crippen LogP contribution in [0.2, 0.25) is 0 Å². The Morgan fingerprint density at radius 3 is 2.82 bits per heavy atom. The van der Waals surface area contributed by atoms with E-state index in [2.05, 4.69) is 0 Å². The van der Waals surface area contributed by atoms with E-state index in [1.54, 1.807) is 12.1 Å². The summed E-state index contributed by atoms with van der Waals surface area (Å²) < 4.78 is 0. The lowest BCUT2D eigenvalue weighted by molar-refractivity contribution is 0.100. The van der Waals surface area contributed by atoms with E-state index in [-0.39, 0.29) is 5.91 Å². The Kier molecular flexibility index (Phi) is 2.26. The fourth-order valence-electron chi connectivity index (χ4n) is 0.871. The van der Waals surface area contributed by atoms with Crippen molar-refractivity contribution in [3.8, 4) is 0 Å². The summed E-state index contributed by atoms with van der Waals surface area (Å²) >= 11 is 0. The minimum absolute atomic E-state index is 0.381. The Hall–Kier alpha value is -1.31. The second-order valence-electron chi connectivity index (χ2n) is 2.28. The predicted molar refractivity (Wildman–Crippen MR) is 44.0 cm³/mol. The van der Waals surface area contributed by atoms with Crippen LogP contribution in [0.3, 0.4) is 0 Å². The first-order chi connectivity index (χ1) is 5.24. The Bertz CT molecular complexity index is 268. The first-order valence-corrected chi connectivity index (χ1v) is 3.43. The molecule has 0 heterocycles. The van der Waals surface area contributed by atoms with Gasteiger partial charge in [-0.3, -0.25) is 4.79 Å². The lowest BCUT2D eigenvalue weighted by Crippen LogP contribution is -2.10. The molecule has 0 aliphatic rings. The van der Waals surface area contributed by atoms with E-state index >= 15 is 0 Å². The molecule has 1 radical (unpaired) electrons. The topological polar surface area (TPSA) is 43.1 Å². The maximum atomic E-state index is 10.7. The molecule has 0 saturated carbocycles. The second kappa shape index (κ2) is 3.19. The number of hydrogen-bond donors (Lipinski definition) is 1. The van der Waals surface area contributed by atoms with Crippen LogP contribution in [0.5, 0.6) is 0 Å². The van der Waals surface area contributed by atoms with E-state index in [0.29, 0.717) is 5.56 Å². The Morgan fingerprint density at radius 2 is 2.27 bits per heavy atom. The fourth-order valence-corrected chi connectivity index (χ4v) is 0.871. The summed E-state index contributed by atoms with van der Waals surface area (Å²) in [6.07, 6.45) is 1.92. The Morgan fingerprint density at radius 1 is 1.55 bits per heavy atom. The van der Waals surface area contributed by atoms with Crippen molar-refractivity contribution in [2.45, 2.75) is 6.92 Å². The number of nitrogens with two attached hydrogens (primary N) is 1. The van der Waals surface area contributed by atoms with Gasteiger partial charge < -0.3 is 5.73 Å². The predicted octanol–water partition coefficient (Wildman–Crippen LogP) is 1.36. The molecule has 2 nitrogen and oxygen atoms in total. The molecule has 1 amide bonds. The summed E-state index contributed by atoms with van der Waals surface area (Å²) in [4.78, 5) is 10.7. The molecule has 0 bridgehead atoms. The van der Waals surface area contributed by atoms with Crippen molar-refractivity contribution in [3.63, 3.8) is 0 Å². The highest BCUT2D eigenvalue weighted by molar-refractivity contribution is 5.92. The van der Waals surface area contributed by atoms with Crippen molar-refractivity contribution in [3.05, 3.63) is 41.8 Å². The molecule has 1 aromatic carbocycles. The number of carbonyl (C=O) groups is 1. The third kappa shape index (κ3) is 1.80. The third-order valence-corrected chi connectivity index (χ3v) is 1.50. The molecule has 2 heteroatoms. The van der Waals surface area contributed by atoms with Crippen molar-refractivity contribution in [1.82, 2.24) is 0 Å². The molecule has 2 N–H and O–H groups in total. The van der Waals surface area contributed by atoms with Gasteiger partial charge in [0.1, 0.15) is 0 Å². The number of benzene rings is 1. The van der Waals surface area contributed by atoms with Gasteiger partial charge in [-0.05, 0) is 24.1 Å². The van der Waals surface area contributed by atoms with Gasteiger partial charge in [0.25, 0.3) is 0 Å². The molecular weight excluding hydrogens is 138 g/mol. The van der Waals surface area contributed by atoms with Gasteiger partial charge in [0.05, 0.1) is 0 Å². The average Bonchev–Trinajstić information content (AvgIpc) is 2.05. The quantitative estimate of drug-likeness (QED) is 0.676. The lowest BCUT2D eigenvalue weighted by atomic mass is 10.1. The van der Waals surface area contributed by atoms with Gasteiger partial charge in [-0.1, -0.05) is 19.1 Å². The minimum atomic E-state index is -0.381. The molecule has 1 rings (SSSR count). The minimum Gasteiger partial charge on any atom is -0.366 e. The van der Waals surface area contributed by atoms with Crippen LogP contribution in [-0.4, -0.2) is 5.91 Å². The summed E-state index contributed by atoms with van der Waals surface area (Å²) in [6.45, 7) is 1.92. The van der Waals surface area contributed by atoms with Gasteiger partial charge >= 0.3 is 0 Å². The van der Waals surface area contributed by atoms with Gasteiger partial charge in [0.2, 0.25) is 5.91 Å². The SMILES string of the molecule is C[CH]c1cccc(C(N)=O)c1. The van der Waals surface area contributed by atoms with Crippen molar-refractivity contribution < 1.29 is 4.79 Å². The molecule has 57 valence electrons. The van der Waals surface area contributed by atoms with Gasteiger partial charge in [-0.2, -0.15) is 0 Å². The van der Waals surface area contributed by atoms with E-state index < -0.39 is 0 Å². The zero-order chi connectivity index (χ0) is 8.27. The van der Waals surface area contributed by atoms with Gasteiger partial charge in [0.15, 0.2) is 0 Å². The zero-order valence-corrected chi connectivity index (χ0v) is 6.37. The van der Waals surface area contributed by atoms with Crippen molar-refractivity contribution in [2.75, 3.05) is 0 Å². The maximum absolute atomic E-state index is 10.7. The van der Waals surface area contributed by atoms with Crippen molar-refractivity contribution in [2.24, 2.45) is 5.73 Å². The molecule has 0 aliphatic heterocycles. The van der Waals surface area contributed by atoms with Gasteiger partial charge in [0, 0.05) is 5.56 Å². The fraction of sp³-hybridized carbons (Fsp3) is 0.111. The monoisotopic (exact) mass is 148 g/mol. The summed E-state index contributed by atoms with van der Waals surface area (Å²) in [5.74, 6) is -0.381. The summed E-state index contributed by atoms with van der Waals surface area (Å²) in [6, 6.07) is 7.21. The van der Waals surface area contributed by atoms with E-state index in [9.17, 15) is 4.79 Å². The van der Waals surface area contributed by atoms with Crippen LogP contribution in [0.15, 0.2) is 24.3 Å². The molecule has 0 fully saturated rings. The third-order valence-electron chi connectivity index (χ3n) is 1.50. The summed E-state index contributed by atoms with van der Waals surface area (Å²) in [5.41, 5.74) is 6.66. The highest BCUT2D eigenvalue weighted by Gasteiger charge is 1.98. The molecule has 1 aromatic rings. The lowest BCUT2D eigenvalue weighted by Gasteiger charge is -1.97. The molecular formula is C9H10NO. The summed E-state index contributed by atoms with van der Waals surface area (Å²) in [7, 11) is 0. The largest absolute Gasteiger partial charge is 0.366 e. The number of amides is 1. The van der Waals surface area contributed by atoms with Crippen LogP contribution in [-0.2, 0) is 0 Å². The van der Waals surface area contributed by atoms with E-state index in [1.807, 2.05) is 25.5 Å². The summed E-state index contributed by atoms with van der Waals surface area (Å²) in [5, 5.41) is 0. The molecule has 0 unspecified atom stereocenters. The number of hydrogen-bond acceptors (Lipinski definition) is 1. The van der Waals surface area contributed by atoms with Crippen LogP contribution in [0.1, 0.15) is 22.8 Å². The number of primary amides is 1. The first kappa shape index (κ1) is 7.79. The van der Waals surface area contributed by atoms with Crippen LogP contribution in [0.25, 0.3) is 0 Å². The second-order valence-corrected chi connectivity index (χ2v) is 2.28. The zero-order valence-electron chi connectivity index (χ0n) is 6.37. The Balaban J connectivity index is 3.01. The highest BCUT2D eigenvalue weighted by atomic mass is 16.1. The molecule has 0 saturated heterocycles. The van der Waals surface area contributed by atoms with Crippen LogP contribution < -0.4 is 5.73 Å². The van der Waals surface area contributed by atoms with Crippen LogP contribution in [0.4, 0.5) is 0 Å². The van der Waals surface area contributed by atoms with Crippen LogP contribution >= 0.6 is 0 Å².